The van der Waals surface area contributed by atoms with Crippen molar-refractivity contribution in [2.75, 3.05) is 49.6 Å². The number of piperazine rings is 1. The maximum atomic E-state index is 13.9. The van der Waals surface area contributed by atoms with Crippen molar-refractivity contribution in [2.45, 2.75) is 6.54 Å². The molecule has 0 unspecified atom stereocenters. The number of fused-ring (bicyclic) bond motifs is 1. The molecule has 2 aliphatic heterocycles. The lowest BCUT2D eigenvalue weighted by molar-refractivity contribution is 0.0976. The Balaban J connectivity index is 1.11. The molecule has 0 saturated carbocycles. The minimum absolute atomic E-state index is 0.150. The molecule has 5 rings (SSSR count). The van der Waals surface area contributed by atoms with Gasteiger partial charge in [-0.2, -0.15) is 0 Å². The van der Waals surface area contributed by atoms with E-state index in [1.165, 1.54) is 6.07 Å². The first-order valence-electron chi connectivity index (χ1n) is 11.9. The molecule has 0 radical (unpaired) electrons. The highest BCUT2D eigenvalue weighted by atomic mass is 32.1. The fourth-order valence-electron chi connectivity index (χ4n) is 4.31. The number of benzene rings is 3. The number of anilines is 2. The third kappa shape index (κ3) is 5.75. The molecule has 3 aromatic rings. The number of carbonyl (C=O) groups is 1. The predicted molar refractivity (Wildman–Crippen MR) is 141 cm³/mol. The van der Waals surface area contributed by atoms with Gasteiger partial charge in [-0.3, -0.25) is 15.0 Å². The summed E-state index contributed by atoms with van der Waals surface area (Å²) in [6.07, 6.45) is 0. The first kappa shape index (κ1) is 24.0. The van der Waals surface area contributed by atoms with Crippen LogP contribution in [0.4, 0.5) is 15.8 Å². The number of nitrogens with zero attached hydrogens (tertiary/aromatic N) is 2. The average molecular weight is 507 g/mol. The molecule has 186 valence electrons. The first-order valence-corrected chi connectivity index (χ1v) is 12.3. The maximum Gasteiger partial charge on any atom is 0.257 e. The standard InChI is InChI=1S/C27H27FN4O3S/c28-23-4-2-1-3-20(23)18-31-11-13-32(14-12-31)22-8-6-21(7-9-22)29-27(36)30-26(33)19-5-10-24-25(17-19)35-16-15-34-24/h1-10,17H,11-16,18H2,(H2,29,30,33,36). The molecule has 9 heteroatoms. The van der Waals surface area contributed by atoms with Gasteiger partial charge in [-0.1, -0.05) is 18.2 Å². The van der Waals surface area contributed by atoms with E-state index in [9.17, 15) is 9.18 Å². The molecule has 0 aliphatic carbocycles. The summed E-state index contributed by atoms with van der Waals surface area (Å²) >= 11 is 5.33. The van der Waals surface area contributed by atoms with Crippen molar-refractivity contribution in [1.29, 1.82) is 0 Å². The molecule has 0 atom stereocenters. The second-order valence-corrected chi connectivity index (χ2v) is 9.08. The van der Waals surface area contributed by atoms with Gasteiger partial charge in [0.1, 0.15) is 19.0 Å². The zero-order chi connectivity index (χ0) is 24.9. The Morgan fingerprint density at radius 2 is 1.64 bits per heavy atom. The molecule has 2 N–H and O–H groups in total. The number of carbonyl (C=O) groups excluding carboxylic acids is 1. The van der Waals surface area contributed by atoms with Gasteiger partial charge in [-0.05, 0) is 60.7 Å². The van der Waals surface area contributed by atoms with Crippen LogP contribution in [-0.2, 0) is 6.54 Å². The van der Waals surface area contributed by atoms with Gasteiger partial charge in [-0.25, -0.2) is 4.39 Å². The van der Waals surface area contributed by atoms with Crippen molar-refractivity contribution in [3.05, 3.63) is 83.7 Å². The van der Waals surface area contributed by atoms with Gasteiger partial charge >= 0.3 is 0 Å². The van der Waals surface area contributed by atoms with Gasteiger partial charge in [-0.15, -0.1) is 0 Å². The van der Waals surface area contributed by atoms with Gasteiger partial charge in [0, 0.05) is 55.2 Å². The molecule has 0 bridgehead atoms. The van der Waals surface area contributed by atoms with E-state index in [1.54, 1.807) is 24.3 Å². The van der Waals surface area contributed by atoms with Crippen LogP contribution in [0.1, 0.15) is 15.9 Å². The summed E-state index contributed by atoms with van der Waals surface area (Å²) in [7, 11) is 0. The normalized spacial score (nSPS) is 15.3. The van der Waals surface area contributed by atoms with E-state index in [-0.39, 0.29) is 16.8 Å². The Labute approximate surface area is 214 Å². The molecule has 7 nitrogen and oxygen atoms in total. The molecule has 1 saturated heterocycles. The molecule has 1 amide bonds. The summed E-state index contributed by atoms with van der Waals surface area (Å²) in [5, 5.41) is 5.97. The number of hydrogen-bond donors (Lipinski definition) is 2. The number of thiocarbonyl (C=S) groups is 1. The summed E-state index contributed by atoms with van der Waals surface area (Å²) < 4.78 is 25.0. The van der Waals surface area contributed by atoms with E-state index in [1.807, 2.05) is 36.4 Å². The van der Waals surface area contributed by atoms with Crippen LogP contribution in [-0.4, -0.2) is 55.3 Å². The monoisotopic (exact) mass is 506 g/mol. The lowest BCUT2D eigenvalue weighted by Gasteiger charge is -2.36. The van der Waals surface area contributed by atoms with E-state index in [2.05, 4.69) is 20.4 Å². The molecular formula is C27H27FN4O3S. The molecule has 1 fully saturated rings. The summed E-state index contributed by atoms with van der Waals surface area (Å²) in [5.41, 5.74) is 3.06. The van der Waals surface area contributed by atoms with Crippen LogP contribution in [0.5, 0.6) is 11.5 Å². The Hall–Kier alpha value is -3.69. The molecule has 2 heterocycles. The number of hydrogen-bond acceptors (Lipinski definition) is 6. The second-order valence-electron chi connectivity index (χ2n) is 8.67. The summed E-state index contributed by atoms with van der Waals surface area (Å²) in [6, 6.07) is 19.9. The van der Waals surface area contributed by atoms with Crippen molar-refractivity contribution in [2.24, 2.45) is 0 Å². The predicted octanol–water partition coefficient (Wildman–Crippen LogP) is 4.05. The van der Waals surface area contributed by atoms with Gasteiger partial charge in [0.2, 0.25) is 0 Å². The number of nitrogens with one attached hydrogen (secondary N) is 2. The molecule has 0 spiro atoms. The van der Waals surface area contributed by atoms with Crippen molar-refractivity contribution in [3.8, 4) is 11.5 Å². The number of amides is 1. The summed E-state index contributed by atoms with van der Waals surface area (Å²) in [4.78, 5) is 17.2. The fourth-order valence-corrected chi connectivity index (χ4v) is 4.52. The quantitative estimate of drug-likeness (QED) is 0.507. The molecule has 3 aromatic carbocycles. The van der Waals surface area contributed by atoms with Gasteiger partial charge < -0.3 is 19.7 Å². The van der Waals surface area contributed by atoms with Crippen LogP contribution in [0, 0.1) is 5.82 Å². The van der Waals surface area contributed by atoms with E-state index in [0.29, 0.717) is 36.8 Å². The van der Waals surface area contributed by atoms with E-state index in [0.717, 1.165) is 43.1 Å². The largest absolute Gasteiger partial charge is 0.486 e. The lowest BCUT2D eigenvalue weighted by Crippen LogP contribution is -2.46. The summed E-state index contributed by atoms with van der Waals surface area (Å²) in [5.74, 6) is 0.708. The molecule has 0 aromatic heterocycles. The second kappa shape index (κ2) is 10.9. The average Bonchev–Trinajstić information content (AvgIpc) is 2.90. The number of rotatable bonds is 5. The van der Waals surface area contributed by atoms with Gasteiger partial charge in [0.05, 0.1) is 0 Å². The highest BCUT2D eigenvalue weighted by Crippen LogP contribution is 2.30. The molecule has 36 heavy (non-hydrogen) atoms. The van der Waals surface area contributed by atoms with Crippen molar-refractivity contribution < 1.29 is 18.7 Å². The Bertz CT molecular complexity index is 1250. The summed E-state index contributed by atoms with van der Waals surface area (Å²) in [6.45, 7) is 5.04. The fraction of sp³-hybridized carbons (Fsp3) is 0.259. The van der Waals surface area contributed by atoms with Gasteiger partial charge in [0.25, 0.3) is 5.91 Å². The molecule has 2 aliphatic rings. The molecular weight excluding hydrogens is 479 g/mol. The van der Waals surface area contributed by atoms with Crippen molar-refractivity contribution >= 4 is 34.6 Å². The highest BCUT2D eigenvalue weighted by Gasteiger charge is 2.19. The van der Waals surface area contributed by atoms with Crippen molar-refractivity contribution in [3.63, 3.8) is 0 Å². The highest BCUT2D eigenvalue weighted by molar-refractivity contribution is 7.80. The van der Waals surface area contributed by atoms with E-state index < -0.39 is 0 Å². The first-order chi connectivity index (χ1) is 17.5. The van der Waals surface area contributed by atoms with Crippen LogP contribution in [0.25, 0.3) is 0 Å². The van der Waals surface area contributed by atoms with E-state index >= 15 is 0 Å². The number of halogens is 1. The minimum Gasteiger partial charge on any atom is -0.486 e. The minimum atomic E-state index is -0.325. The van der Waals surface area contributed by atoms with Gasteiger partial charge in [0.15, 0.2) is 16.6 Å². The zero-order valence-corrected chi connectivity index (χ0v) is 20.5. The van der Waals surface area contributed by atoms with Crippen LogP contribution in [0.3, 0.4) is 0 Å². The smallest absolute Gasteiger partial charge is 0.257 e. The van der Waals surface area contributed by atoms with E-state index in [4.69, 9.17) is 21.7 Å². The number of ether oxygens (including phenoxy) is 2. The van der Waals surface area contributed by atoms with Crippen LogP contribution < -0.4 is 25.0 Å². The SMILES string of the molecule is O=C(NC(=S)Nc1ccc(N2CCN(Cc3ccccc3F)CC2)cc1)c1ccc2c(c1)OCCO2. The Morgan fingerprint density at radius 1 is 0.917 bits per heavy atom. The van der Waals surface area contributed by atoms with Crippen LogP contribution in [0.15, 0.2) is 66.7 Å². The van der Waals surface area contributed by atoms with Crippen LogP contribution >= 0.6 is 12.2 Å². The zero-order valence-electron chi connectivity index (χ0n) is 19.7. The van der Waals surface area contributed by atoms with Crippen molar-refractivity contribution in [1.82, 2.24) is 10.2 Å². The third-order valence-corrected chi connectivity index (χ3v) is 6.45. The lowest BCUT2D eigenvalue weighted by atomic mass is 10.1. The van der Waals surface area contributed by atoms with Crippen LogP contribution in [0.2, 0.25) is 0 Å². The third-order valence-electron chi connectivity index (χ3n) is 6.25. The Kier molecular flexibility index (Phi) is 7.29. The Morgan fingerprint density at radius 3 is 2.39 bits per heavy atom. The maximum absolute atomic E-state index is 13.9. The topological polar surface area (TPSA) is 66.1 Å².